The molecule has 1 aliphatic heterocycles. The number of halogens is 3. The number of pyridine rings is 1. The summed E-state index contributed by atoms with van der Waals surface area (Å²) in [6, 6.07) is 7.83. The molecule has 3 heterocycles. The first-order valence-electron chi connectivity index (χ1n) is 11.9. The predicted molar refractivity (Wildman–Crippen MR) is 126 cm³/mol. The molecule has 1 unspecified atom stereocenters. The molecule has 7 nitrogen and oxygen atoms in total. The highest BCUT2D eigenvalue weighted by Crippen LogP contribution is 2.42. The molecule has 0 bridgehead atoms. The van der Waals surface area contributed by atoms with E-state index in [2.05, 4.69) is 20.3 Å². The number of amides is 1. The molecule has 0 radical (unpaired) electrons. The lowest BCUT2D eigenvalue weighted by Crippen LogP contribution is -2.26. The van der Waals surface area contributed by atoms with E-state index in [1.54, 1.807) is 24.3 Å². The molecule has 1 saturated heterocycles. The quantitative estimate of drug-likeness (QED) is 0.491. The maximum absolute atomic E-state index is 14.7. The van der Waals surface area contributed by atoms with Crippen LogP contribution >= 0.6 is 0 Å². The Labute approximate surface area is 206 Å². The average molecular weight is 499 g/mol. The fourth-order valence-corrected chi connectivity index (χ4v) is 4.63. The summed E-state index contributed by atoms with van der Waals surface area (Å²) in [4.78, 5) is 26.3. The SMILES string of the molecule is O=C(Nc1cnc(OC2CCOC2)nc1)c1c(-c2ccccc2F)ccnc1C1CCC(F)(F)CC1. The molecular formula is C26H25F3N4O3. The third-order valence-corrected chi connectivity index (χ3v) is 6.52. The molecule has 1 amide bonds. The van der Waals surface area contributed by atoms with Gasteiger partial charge in [0.15, 0.2) is 0 Å². The molecule has 3 aromatic rings. The smallest absolute Gasteiger partial charge is 0.316 e. The molecule has 2 aromatic heterocycles. The van der Waals surface area contributed by atoms with Crippen LogP contribution in [0.15, 0.2) is 48.9 Å². The average Bonchev–Trinajstić information content (AvgIpc) is 3.38. The first-order chi connectivity index (χ1) is 17.4. The molecular weight excluding hydrogens is 473 g/mol. The lowest BCUT2D eigenvalue weighted by molar-refractivity contribution is -0.0385. The molecule has 2 fully saturated rings. The van der Waals surface area contributed by atoms with E-state index in [9.17, 15) is 18.0 Å². The van der Waals surface area contributed by atoms with E-state index in [0.29, 0.717) is 30.2 Å². The highest BCUT2D eigenvalue weighted by molar-refractivity contribution is 6.09. The van der Waals surface area contributed by atoms with Crippen LogP contribution < -0.4 is 10.1 Å². The van der Waals surface area contributed by atoms with Crippen LogP contribution in [0, 0.1) is 5.82 Å². The number of hydrogen-bond acceptors (Lipinski definition) is 6. The normalized spacial score (nSPS) is 19.7. The lowest BCUT2D eigenvalue weighted by Gasteiger charge is -2.29. The van der Waals surface area contributed by atoms with Crippen LogP contribution in [-0.4, -0.2) is 46.1 Å². The molecule has 1 saturated carbocycles. The Morgan fingerprint density at radius 1 is 1.03 bits per heavy atom. The van der Waals surface area contributed by atoms with Gasteiger partial charge in [-0.15, -0.1) is 0 Å². The van der Waals surface area contributed by atoms with Crippen molar-refractivity contribution in [1.82, 2.24) is 15.0 Å². The van der Waals surface area contributed by atoms with E-state index in [4.69, 9.17) is 9.47 Å². The van der Waals surface area contributed by atoms with Gasteiger partial charge in [0.1, 0.15) is 11.9 Å². The predicted octanol–water partition coefficient (Wildman–Crippen LogP) is 5.39. The summed E-state index contributed by atoms with van der Waals surface area (Å²) in [6.45, 7) is 1.09. The van der Waals surface area contributed by atoms with Crippen LogP contribution in [-0.2, 0) is 4.74 Å². The number of nitrogens with one attached hydrogen (secondary N) is 1. The third-order valence-electron chi connectivity index (χ3n) is 6.52. The Kier molecular flexibility index (Phi) is 6.86. The van der Waals surface area contributed by atoms with Crippen molar-refractivity contribution in [2.45, 2.75) is 50.0 Å². The van der Waals surface area contributed by atoms with Crippen LogP contribution in [0.2, 0.25) is 0 Å². The van der Waals surface area contributed by atoms with Gasteiger partial charge in [-0.05, 0) is 25.0 Å². The summed E-state index contributed by atoms with van der Waals surface area (Å²) in [7, 11) is 0. The van der Waals surface area contributed by atoms with Gasteiger partial charge in [0.05, 0.1) is 42.6 Å². The van der Waals surface area contributed by atoms with Crippen molar-refractivity contribution < 1.29 is 27.4 Å². The number of carbonyl (C=O) groups is 1. The molecule has 1 atom stereocenters. The first-order valence-corrected chi connectivity index (χ1v) is 11.9. The lowest BCUT2D eigenvalue weighted by atomic mass is 9.81. The second kappa shape index (κ2) is 10.2. The van der Waals surface area contributed by atoms with Gasteiger partial charge in [0.2, 0.25) is 5.92 Å². The topological polar surface area (TPSA) is 86.2 Å². The maximum atomic E-state index is 14.7. The molecule has 2 aliphatic rings. The minimum Gasteiger partial charge on any atom is -0.458 e. The van der Waals surface area contributed by atoms with Crippen molar-refractivity contribution in [2.24, 2.45) is 0 Å². The number of ether oxygens (including phenoxy) is 2. The second-order valence-electron chi connectivity index (χ2n) is 9.04. The summed E-state index contributed by atoms with van der Waals surface area (Å²) in [5, 5.41) is 2.75. The summed E-state index contributed by atoms with van der Waals surface area (Å²) in [5.74, 6) is -4.12. The van der Waals surface area contributed by atoms with E-state index < -0.39 is 17.6 Å². The Morgan fingerprint density at radius 3 is 2.47 bits per heavy atom. The zero-order valence-corrected chi connectivity index (χ0v) is 19.4. The van der Waals surface area contributed by atoms with Crippen molar-refractivity contribution in [3.63, 3.8) is 0 Å². The van der Waals surface area contributed by atoms with E-state index in [1.165, 1.54) is 24.7 Å². The van der Waals surface area contributed by atoms with Crippen LogP contribution in [0.5, 0.6) is 6.01 Å². The minimum atomic E-state index is -2.73. The fraction of sp³-hybridized carbons (Fsp3) is 0.385. The number of nitrogens with zero attached hydrogens (tertiary/aromatic N) is 3. The Bertz CT molecular complexity index is 1220. The zero-order chi connectivity index (χ0) is 25.1. The number of aromatic nitrogens is 3. The number of hydrogen-bond donors (Lipinski definition) is 1. The van der Waals surface area contributed by atoms with Crippen molar-refractivity contribution >= 4 is 11.6 Å². The van der Waals surface area contributed by atoms with E-state index in [1.807, 2.05) is 0 Å². The van der Waals surface area contributed by atoms with E-state index in [-0.39, 0.29) is 54.8 Å². The Balaban J connectivity index is 1.45. The van der Waals surface area contributed by atoms with Crippen LogP contribution in [0.4, 0.5) is 18.9 Å². The standard InChI is InChI=1S/C26H25F3N4O3/c27-21-4-2-1-3-19(21)20-7-11-30-23(16-5-9-26(28,29)10-6-16)22(20)24(34)33-17-13-31-25(32-14-17)36-18-8-12-35-15-18/h1-4,7,11,13-14,16,18H,5-6,8-10,12,15H2,(H,33,34). The van der Waals surface area contributed by atoms with Gasteiger partial charge in [0.25, 0.3) is 5.91 Å². The van der Waals surface area contributed by atoms with Gasteiger partial charge in [-0.3, -0.25) is 9.78 Å². The number of anilines is 1. The summed E-state index contributed by atoms with van der Waals surface area (Å²) in [6.07, 6.45) is 4.74. The molecule has 1 N–H and O–H groups in total. The van der Waals surface area contributed by atoms with E-state index in [0.717, 1.165) is 6.42 Å². The fourth-order valence-electron chi connectivity index (χ4n) is 4.63. The van der Waals surface area contributed by atoms with Gasteiger partial charge < -0.3 is 14.8 Å². The molecule has 0 spiro atoms. The highest BCUT2D eigenvalue weighted by atomic mass is 19.3. The van der Waals surface area contributed by atoms with Crippen LogP contribution in [0.3, 0.4) is 0 Å². The van der Waals surface area contributed by atoms with Crippen molar-refractivity contribution in [2.75, 3.05) is 18.5 Å². The van der Waals surface area contributed by atoms with Gasteiger partial charge in [-0.2, -0.15) is 0 Å². The monoisotopic (exact) mass is 498 g/mol. The molecule has 1 aromatic carbocycles. The Morgan fingerprint density at radius 2 is 1.78 bits per heavy atom. The van der Waals surface area contributed by atoms with Gasteiger partial charge in [-0.25, -0.2) is 23.1 Å². The molecule has 188 valence electrons. The number of benzene rings is 1. The first kappa shape index (κ1) is 24.2. The Hall–Kier alpha value is -3.53. The minimum absolute atomic E-state index is 0.116. The number of rotatable bonds is 6. The van der Waals surface area contributed by atoms with Crippen molar-refractivity contribution in [1.29, 1.82) is 0 Å². The van der Waals surface area contributed by atoms with Crippen molar-refractivity contribution in [3.05, 3.63) is 66.0 Å². The van der Waals surface area contributed by atoms with Gasteiger partial charge in [0, 0.05) is 42.5 Å². The van der Waals surface area contributed by atoms with Crippen LogP contribution in [0.25, 0.3) is 11.1 Å². The van der Waals surface area contributed by atoms with Gasteiger partial charge >= 0.3 is 6.01 Å². The zero-order valence-electron chi connectivity index (χ0n) is 19.4. The largest absolute Gasteiger partial charge is 0.458 e. The molecule has 10 heteroatoms. The molecule has 1 aliphatic carbocycles. The highest BCUT2D eigenvalue weighted by Gasteiger charge is 2.37. The maximum Gasteiger partial charge on any atom is 0.316 e. The summed E-state index contributed by atoms with van der Waals surface area (Å²) in [5.41, 5.74) is 1.41. The number of alkyl halides is 2. The van der Waals surface area contributed by atoms with Crippen molar-refractivity contribution in [3.8, 4) is 17.1 Å². The molecule has 36 heavy (non-hydrogen) atoms. The van der Waals surface area contributed by atoms with Gasteiger partial charge in [-0.1, -0.05) is 18.2 Å². The second-order valence-corrected chi connectivity index (χ2v) is 9.04. The van der Waals surface area contributed by atoms with Crippen LogP contribution in [0.1, 0.15) is 54.1 Å². The van der Waals surface area contributed by atoms with E-state index >= 15 is 0 Å². The molecule has 5 rings (SSSR count). The number of carbonyl (C=O) groups excluding carboxylic acids is 1. The summed E-state index contributed by atoms with van der Waals surface area (Å²) >= 11 is 0. The summed E-state index contributed by atoms with van der Waals surface area (Å²) < 4.78 is 53.3. The third kappa shape index (κ3) is 5.33.